The molecule has 104 valence electrons. The van der Waals surface area contributed by atoms with Crippen LogP contribution in [-0.4, -0.2) is 36.7 Å². The van der Waals surface area contributed by atoms with Gasteiger partial charge in [-0.3, -0.25) is 9.59 Å². The Labute approximate surface area is 111 Å². The number of carboxylic acids is 1. The van der Waals surface area contributed by atoms with E-state index >= 15 is 0 Å². The number of hydrogen-bond donors (Lipinski definition) is 3. The van der Waals surface area contributed by atoms with Crippen molar-refractivity contribution in [3.05, 3.63) is 29.8 Å². The van der Waals surface area contributed by atoms with Gasteiger partial charge in [0.05, 0.1) is 7.11 Å². The van der Waals surface area contributed by atoms with Crippen molar-refractivity contribution in [3.8, 4) is 5.75 Å². The van der Waals surface area contributed by atoms with Crippen molar-refractivity contribution in [2.24, 2.45) is 5.73 Å². The number of rotatable bonds is 7. The maximum atomic E-state index is 11.8. The van der Waals surface area contributed by atoms with Gasteiger partial charge in [-0.25, -0.2) is 0 Å². The summed E-state index contributed by atoms with van der Waals surface area (Å²) in [6, 6.07) is 5.92. The Hall–Kier alpha value is -2.08. The lowest BCUT2D eigenvalue weighted by atomic mass is 10.1. The number of nitrogens with one attached hydrogen (secondary N) is 1. The molecule has 0 aliphatic carbocycles. The zero-order valence-electron chi connectivity index (χ0n) is 10.8. The zero-order chi connectivity index (χ0) is 14.3. The second-order valence-corrected chi connectivity index (χ2v) is 4.07. The maximum absolute atomic E-state index is 11.8. The van der Waals surface area contributed by atoms with Crippen LogP contribution in [0.2, 0.25) is 0 Å². The van der Waals surface area contributed by atoms with E-state index in [1.807, 2.05) is 0 Å². The molecular formula is C13H18N2O4. The molecule has 0 saturated carbocycles. The molecule has 0 aliphatic heterocycles. The van der Waals surface area contributed by atoms with Crippen molar-refractivity contribution in [3.63, 3.8) is 0 Å². The summed E-state index contributed by atoms with van der Waals surface area (Å²) >= 11 is 0. The van der Waals surface area contributed by atoms with Crippen molar-refractivity contribution in [1.29, 1.82) is 0 Å². The summed E-state index contributed by atoms with van der Waals surface area (Å²) in [6.07, 6.45) is 0.844. The van der Waals surface area contributed by atoms with Gasteiger partial charge in [-0.2, -0.15) is 0 Å². The Morgan fingerprint density at radius 2 is 2.21 bits per heavy atom. The van der Waals surface area contributed by atoms with Gasteiger partial charge in [0.1, 0.15) is 11.8 Å². The number of aliphatic carboxylic acids is 1. The van der Waals surface area contributed by atoms with Crippen molar-refractivity contribution in [2.75, 3.05) is 13.7 Å². The first-order chi connectivity index (χ1) is 9.04. The van der Waals surface area contributed by atoms with Crippen LogP contribution >= 0.6 is 0 Å². The third-order valence-corrected chi connectivity index (χ3v) is 2.63. The van der Waals surface area contributed by atoms with Gasteiger partial charge in [0, 0.05) is 12.1 Å². The van der Waals surface area contributed by atoms with Crippen LogP contribution in [0, 0.1) is 0 Å². The molecule has 6 nitrogen and oxygen atoms in total. The van der Waals surface area contributed by atoms with Crippen LogP contribution in [-0.2, 0) is 4.79 Å². The van der Waals surface area contributed by atoms with Crippen LogP contribution in [0.25, 0.3) is 0 Å². The van der Waals surface area contributed by atoms with Crippen molar-refractivity contribution in [1.82, 2.24) is 5.32 Å². The number of ether oxygens (including phenoxy) is 1. The van der Waals surface area contributed by atoms with Gasteiger partial charge in [-0.15, -0.1) is 0 Å². The van der Waals surface area contributed by atoms with Gasteiger partial charge in [0.25, 0.3) is 5.91 Å². The van der Waals surface area contributed by atoms with Crippen molar-refractivity contribution < 1.29 is 19.4 Å². The van der Waals surface area contributed by atoms with Crippen LogP contribution < -0.4 is 15.8 Å². The van der Waals surface area contributed by atoms with E-state index < -0.39 is 12.0 Å². The van der Waals surface area contributed by atoms with Gasteiger partial charge < -0.3 is 20.9 Å². The minimum absolute atomic E-state index is 0.220. The van der Waals surface area contributed by atoms with Crippen LogP contribution in [0.5, 0.6) is 5.75 Å². The lowest BCUT2D eigenvalue weighted by Gasteiger charge is -2.08. The summed E-state index contributed by atoms with van der Waals surface area (Å²) in [6.45, 7) is 0.386. The van der Waals surface area contributed by atoms with E-state index in [0.29, 0.717) is 30.7 Å². The van der Waals surface area contributed by atoms with E-state index in [1.165, 1.54) is 7.11 Å². The standard InChI is InChI=1S/C13H18N2O4/c1-19-10-5-2-4-9(8-10)12(16)15-7-3-6-11(14)13(17)18/h2,4-5,8,11H,3,6-7,14H2,1H3,(H,15,16)(H,17,18). The molecule has 19 heavy (non-hydrogen) atoms. The molecule has 1 atom stereocenters. The largest absolute Gasteiger partial charge is 0.497 e. The Kier molecular flexibility index (Phi) is 5.81. The average molecular weight is 266 g/mol. The van der Waals surface area contributed by atoms with E-state index in [0.717, 1.165) is 0 Å². The molecule has 0 fully saturated rings. The summed E-state index contributed by atoms with van der Waals surface area (Å²) in [4.78, 5) is 22.3. The normalized spacial score (nSPS) is 11.7. The van der Waals surface area contributed by atoms with Gasteiger partial charge >= 0.3 is 5.97 Å². The van der Waals surface area contributed by atoms with E-state index in [1.54, 1.807) is 24.3 Å². The molecule has 0 spiro atoms. The first-order valence-electron chi connectivity index (χ1n) is 5.95. The van der Waals surface area contributed by atoms with Gasteiger partial charge in [-0.1, -0.05) is 6.07 Å². The number of carbonyl (C=O) groups excluding carboxylic acids is 1. The molecule has 1 unspecified atom stereocenters. The second kappa shape index (κ2) is 7.38. The first-order valence-corrected chi connectivity index (χ1v) is 5.95. The summed E-state index contributed by atoms with van der Waals surface area (Å²) < 4.78 is 5.03. The lowest BCUT2D eigenvalue weighted by molar-refractivity contribution is -0.138. The predicted molar refractivity (Wildman–Crippen MR) is 70.2 cm³/mol. The monoisotopic (exact) mass is 266 g/mol. The molecule has 6 heteroatoms. The first kappa shape index (κ1) is 15.0. The van der Waals surface area contributed by atoms with Crippen molar-refractivity contribution >= 4 is 11.9 Å². The fourth-order valence-corrected chi connectivity index (χ4v) is 1.51. The number of hydrogen-bond acceptors (Lipinski definition) is 4. The average Bonchev–Trinajstić information content (AvgIpc) is 2.42. The number of benzene rings is 1. The lowest BCUT2D eigenvalue weighted by Crippen LogP contribution is -2.32. The number of methoxy groups -OCH3 is 1. The number of carboxylic acid groups (broad SMARTS) is 1. The molecule has 4 N–H and O–H groups in total. The molecule has 0 saturated heterocycles. The highest BCUT2D eigenvalue weighted by Gasteiger charge is 2.11. The molecule has 1 amide bonds. The minimum Gasteiger partial charge on any atom is -0.497 e. The quantitative estimate of drug-likeness (QED) is 0.628. The van der Waals surface area contributed by atoms with Gasteiger partial charge in [0.15, 0.2) is 0 Å². The number of amides is 1. The van der Waals surface area contributed by atoms with E-state index in [-0.39, 0.29) is 5.91 Å². The highest BCUT2D eigenvalue weighted by Crippen LogP contribution is 2.12. The molecule has 0 aromatic heterocycles. The smallest absolute Gasteiger partial charge is 0.320 e. The molecule has 1 aromatic carbocycles. The molecular weight excluding hydrogens is 248 g/mol. The van der Waals surface area contributed by atoms with Crippen LogP contribution in [0.15, 0.2) is 24.3 Å². The highest BCUT2D eigenvalue weighted by molar-refractivity contribution is 5.94. The molecule has 1 aromatic rings. The highest BCUT2D eigenvalue weighted by atomic mass is 16.5. The van der Waals surface area contributed by atoms with Crippen molar-refractivity contribution in [2.45, 2.75) is 18.9 Å². The maximum Gasteiger partial charge on any atom is 0.320 e. The predicted octanol–water partition coefficient (Wildman–Crippen LogP) is 0.617. The second-order valence-electron chi connectivity index (χ2n) is 4.07. The van der Waals surface area contributed by atoms with Gasteiger partial charge in [0.2, 0.25) is 0 Å². The summed E-state index contributed by atoms with van der Waals surface area (Å²) in [5.74, 6) is -0.637. The third kappa shape index (κ3) is 4.97. The van der Waals surface area contributed by atoms with Gasteiger partial charge in [-0.05, 0) is 31.0 Å². The molecule has 0 bridgehead atoms. The van der Waals surface area contributed by atoms with Crippen LogP contribution in [0.4, 0.5) is 0 Å². The molecule has 0 heterocycles. The van der Waals surface area contributed by atoms with E-state index in [9.17, 15) is 9.59 Å². The fraction of sp³-hybridized carbons (Fsp3) is 0.385. The zero-order valence-corrected chi connectivity index (χ0v) is 10.8. The Bertz CT molecular complexity index is 448. The number of nitrogens with two attached hydrogens (primary N) is 1. The Morgan fingerprint density at radius 3 is 2.84 bits per heavy atom. The van der Waals surface area contributed by atoms with Crippen LogP contribution in [0.1, 0.15) is 23.2 Å². The number of carbonyl (C=O) groups is 2. The molecule has 0 radical (unpaired) electrons. The Balaban J connectivity index is 2.37. The summed E-state index contributed by atoms with van der Waals surface area (Å²) in [5.41, 5.74) is 5.86. The Morgan fingerprint density at radius 1 is 1.47 bits per heavy atom. The third-order valence-electron chi connectivity index (χ3n) is 2.63. The van der Waals surface area contributed by atoms with E-state index in [4.69, 9.17) is 15.6 Å². The molecule has 1 rings (SSSR count). The minimum atomic E-state index is -1.03. The van der Waals surface area contributed by atoms with Crippen LogP contribution in [0.3, 0.4) is 0 Å². The van der Waals surface area contributed by atoms with E-state index in [2.05, 4.69) is 5.32 Å². The summed E-state index contributed by atoms with van der Waals surface area (Å²) in [7, 11) is 1.53. The fourth-order valence-electron chi connectivity index (χ4n) is 1.51. The SMILES string of the molecule is COc1cccc(C(=O)NCCCC(N)C(=O)O)c1. The summed E-state index contributed by atoms with van der Waals surface area (Å²) in [5, 5.41) is 11.3. The molecule has 0 aliphatic rings. The topological polar surface area (TPSA) is 102 Å².